The number of benzene rings is 2. The average Bonchev–Trinajstić information content (AvgIpc) is 2.73. The molecule has 6 nitrogen and oxygen atoms in total. The van der Waals surface area contributed by atoms with E-state index < -0.39 is 52.0 Å². The standard InChI is InChI=1S/C21H22F5N3O3S/c1-27-20(32)14-7-15(21(24,25)26)17(13-5-4-11(22)6-16(13)23)19(18(14)28-10-31)33-9-12(8-30)29(2)3/h4-7,10,12,30H,8-9H2,1-3H3,(H,27,32)(H,28,31). The van der Waals surface area contributed by atoms with Crippen molar-refractivity contribution in [3.8, 4) is 11.1 Å². The number of likely N-dealkylation sites (N-methyl/N-ethyl adjacent to an activating group) is 1. The third-order valence-corrected chi connectivity index (χ3v) is 6.07. The van der Waals surface area contributed by atoms with E-state index >= 15 is 0 Å². The van der Waals surface area contributed by atoms with E-state index in [1.807, 2.05) is 0 Å². The molecule has 0 radical (unpaired) electrons. The van der Waals surface area contributed by atoms with Crippen LogP contribution in [0.3, 0.4) is 0 Å². The predicted octanol–water partition coefficient (Wildman–Crippen LogP) is 3.59. The van der Waals surface area contributed by atoms with Gasteiger partial charge in [-0.2, -0.15) is 13.2 Å². The van der Waals surface area contributed by atoms with E-state index in [4.69, 9.17) is 0 Å². The largest absolute Gasteiger partial charge is 0.417 e. The zero-order valence-corrected chi connectivity index (χ0v) is 18.7. The molecule has 0 saturated carbocycles. The van der Waals surface area contributed by atoms with Gasteiger partial charge in [-0.1, -0.05) is 0 Å². The van der Waals surface area contributed by atoms with Crippen molar-refractivity contribution in [1.29, 1.82) is 0 Å². The first-order valence-electron chi connectivity index (χ1n) is 9.52. The SMILES string of the molecule is CNC(=O)c1cc(C(F)(F)F)c(-c2ccc(F)cc2F)c(SCC(CO)N(C)C)c1NC=O. The molecular weight excluding hydrogens is 469 g/mol. The van der Waals surface area contributed by atoms with Crippen LogP contribution >= 0.6 is 11.8 Å². The Morgan fingerprint density at radius 1 is 1.24 bits per heavy atom. The average molecular weight is 491 g/mol. The molecule has 2 rings (SSSR count). The van der Waals surface area contributed by atoms with Crippen molar-refractivity contribution in [3.05, 3.63) is 47.0 Å². The van der Waals surface area contributed by atoms with Crippen LogP contribution in [0.1, 0.15) is 15.9 Å². The predicted molar refractivity (Wildman–Crippen MR) is 115 cm³/mol. The maximum absolute atomic E-state index is 14.7. The fourth-order valence-corrected chi connectivity index (χ4v) is 4.49. The van der Waals surface area contributed by atoms with Gasteiger partial charge in [-0.25, -0.2) is 8.78 Å². The molecule has 1 atom stereocenters. The molecule has 0 bridgehead atoms. The summed E-state index contributed by atoms with van der Waals surface area (Å²) in [5, 5.41) is 14.1. The molecule has 12 heteroatoms. The Kier molecular flexibility index (Phi) is 8.81. The number of rotatable bonds is 9. The summed E-state index contributed by atoms with van der Waals surface area (Å²) in [5.74, 6) is -3.12. The van der Waals surface area contributed by atoms with Crippen LogP contribution in [0.4, 0.5) is 27.6 Å². The Morgan fingerprint density at radius 2 is 1.91 bits per heavy atom. The van der Waals surface area contributed by atoms with Crippen LogP contribution in [0.15, 0.2) is 29.2 Å². The summed E-state index contributed by atoms with van der Waals surface area (Å²) in [6.07, 6.45) is -4.84. The highest BCUT2D eigenvalue weighted by Crippen LogP contribution is 2.48. The minimum Gasteiger partial charge on any atom is -0.395 e. The molecule has 0 aliphatic heterocycles. The van der Waals surface area contributed by atoms with Crippen molar-refractivity contribution in [3.63, 3.8) is 0 Å². The van der Waals surface area contributed by atoms with Crippen LogP contribution in [0.5, 0.6) is 0 Å². The first kappa shape index (κ1) is 26.6. The molecule has 2 aromatic carbocycles. The lowest BCUT2D eigenvalue weighted by Crippen LogP contribution is -2.33. The molecular formula is C21H22F5N3O3S. The van der Waals surface area contributed by atoms with Crippen molar-refractivity contribution >= 4 is 29.8 Å². The van der Waals surface area contributed by atoms with Crippen molar-refractivity contribution in [1.82, 2.24) is 10.2 Å². The van der Waals surface area contributed by atoms with Crippen molar-refractivity contribution in [2.45, 2.75) is 17.1 Å². The number of nitrogens with one attached hydrogen (secondary N) is 2. The maximum atomic E-state index is 14.7. The first-order chi connectivity index (χ1) is 15.5. The van der Waals surface area contributed by atoms with Gasteiger partial charge in [0.1, 0.15) is 11.6 Å². The van der Waals surface area contributed by atoms with Crippen LogP contribution in [-0.2, 0) is 11.0 Å². The Hall–Kier alpha value is -2.70. The van der Waals surface area contributed by atoms with E-state index in [2.05, 4.69) is 10.6 Å². The molecule has 2 aromatic rings. The molecule has 0 aliphatic rings. The van der Waals surface area contributed by atoms with Gasteiger partial charge in [0.2, 0.25) is 6.41 Å². The molecule has 0 saturated heterocycles. The van der Waals surface area contributed by atoms with Gasteiger partial charge in [-0.3, -0.25) is 9.59 Å². The number of hydrogen-bond donors (Lipinski definition) is 3. The molecule has 0 fully saturated rings. The topological polar surface area (TPSA) is 81.7 Å². The number of thioether (sulfide) groups is 1. The summed E-state index contributed by atoms with van der Waals surface area (Å²) in [7, 11) is 4.50. The molecule has 33 heavy (non-hydrogen) atoms. The van der Waals surface area contributed by atoms with Gasteiger partial charge < -0.3 is 20.6 Å². The number of carbonyl (C=O) groups is 2. The molecule has 1 unspecified atom stereocenters. The minimum atomic E-state index is -5.02. The minimum absolute atomic E-state index is 0.0291. The molecule has 0 spiro atoms. The second-order valence-corrected chi connectivity index (χ2v) is 8.16. The molecule has 3 N–H and O–H groups in total. The second kappa shape index (κ2) is 10.9. The van der Waals surface area contributed by atoms with Crippen molar-refractivity contribution in [2.24, 2.45) is 0 Å². The lowest BCUT2D eigenvalue weighted by Gasteiger charge is -2.25. The first-order valence-corrected chi connectivity index (χ1v) is 10.5. The van der Waals surface area contributed by atoms with Gasteiger partial charge in [0.05, 0.1) is 23.4 Å². The number of aliphatic hydroxyl groups excluding tert-OH is 1. The van der Waals surface area contributed by atoms with Crippen molar-refractivity contribution in [2.75, 3.05) is 38.8 Å². The summed E-state index contributed by atoms with van der Waals surface area (Å²) in [6.45, 7) is -0.335. The lowest BCUT2D eigenvalue weighted by atomic mass is 9.94. The van der Waals surface area contributed by atoms with Gasteiger partial charge in [0.15, 0.2) is 0 Å². The number of hydrogen-bond acceptors (Lipinski definition) is 5. The van der Waals surface area contributed by atoms with Gasteiger partial charge >= 0.3 is 6.18 Å². The smallest absolute Gasteiger partial charge is 0.395 e. The van der Waals surface area contributed by atoms with Crippen LogP contribution in [0, 0.1) is 11.6 Å². The monoisotopic (exact) mass is 491 g/mol. The third kappa shape index (κ3) is 6.01. The quantitative estimate of drug-likeness (QED) is 0.284. The number of aliphatic hydroxyl groups is 1. The number of anilines is 1. The fraction of sp³-hybridized carbons (Fsp3) is 0.333. The number of amides is 2. The highest BCUT2D eigenvalue weighted by atomic mass is 32.2. The maximum Gasteiger partial charge on any atom is 0.417 e. The van der Waals surface area contributed by atoms with Crippen LogP contribution in [-0.4, -0.2) is 61.9 Å². The van der Waals surface area contributed by atoms with E-state index in [0.717, 1.165) is 23.9 Å². The van der Waals surface area contributed by atoms with Gasteiger partial charge in [-0.05, 0) is 32.3 Å². The molecule has 2 amide bonds. The Labute approximate surface area is 191 Å². The zero-order chi connectivity index (χ0) is 24.9. The van der Waals surface area contributed by atoms with E-state index in [1.54, 1.807) is 19.0 Å². The Balaban J connectivity index is 2.96. The number of carbonyl (C=O) groups excluding carboxylic acids is 2. The van der Waals surface area contributed by atoms with Gasteiger partial charge in [0, 0.05) is 40.9 Å². The van der Waals surface area contributed by atoms with Gasteiger partial charge in [-0.15, -0.1) is 11.8 Å². The van der Waals surface area contributed by atoms with E-state index in [-0.39, 0.29) is 29.4 Å². The van der Waals surface area contributed by atoms with Crippen LogP contribution < -0.4 is 10.6 Å². The van der Waals surface area contributed by atoms with Crippen LogP contribution in [0.2, 0.25) is 0 Å². The molecule has 0 aromatic heterocycles. The van der Waals surface area contributed by atoms with Gasteiger partial charge in [0.25, 0.3) is 5.91 Å². The summed E-state index contributed by atoms with van der Waals surface area (Å²) < 4.78 is 70.5. The van der Waals surface area contributed by atoms with Crippen LogP contribution in [0.25, 0.3) is 11.1 Å². The summed E-state index contributed by atoms with van der Waals surface area (Å²) in [4.78, 5) is 25.1. The number of halogens is 5. The van der Waals surface area contributed by atoms with Crippen molar-refractivity contribution < 1.29 is 36.6 Å². The van der Waals surface area contributed by atoms with E-state index in [1.165, 1.54) is 7.05 Å². The molecule has 180 valence electrons. The third-order valence-electron chi connectivity index (χ3n) is 4.82. The zero-order valence-electron chi connectivity index (χ0n) is 17.9. The number of nitrogens with zero attached hydrogens (tertiary/aromatic N) is 1. The second-order valence-electron chi connectivity index (χ2n) is 7.13. The highest BCUT2D eigenvalue weighted by molar-refractivity contribution is 7.99. The lowest BCUT2D eigenvalue weighted by molar-refractivity contribution is -0.137. The highest BCUT2D eigenvalue weighted by Gasteiger charge is 2.38. The molecule has 0 aliphatic carbocycles. The molecule has 0 heterocycles. The van der Waals surface area contributed by atoms with E-state index in [9.17, 15) is 36.6 Å². The summed E-state index contributed by atoms with van der Waals surface area (Å²) >= 11 is 0.791. The Bertz CT molecular complexity index is 1030. The normalized spacial score (nSPS) is 12.5. The van der Waals surface area contributed by atoms with E-state index in [0.29, 0.717) is 12.1 Å². The number of alkyl halides is 3. The summed E-state index contributed by atoms with van der Waals surface area (Å²) in [5.41, 5.74) is -3.31. The fourth-order valence-electron chi connectivity index (χ4n) is 3.05. The Morgan fingerprint density at radius 3 is 2.39 bits per heavy atom. The summed E-state index contributed by atoms with van der Waals surface area (Å²) in [6, 6.07) is 2.12.